The molecule has 0 aromatic rings. The van der Waals surface area contributed by atoms with Gasteiger partial charge in [-0.05, 0) is 25.7 Å². The van der Waals surface area contributed by atoms with Gasteiger partial charge in [0.1, 0.15) is 0 Å². The molecule has 2 unspecified atom stereocenters. The van der Waals surface area contributed by atoms with E-state index in [1.807, 2.05) is 0 Å². The van der Waals surface area contributed by atoms with Crippen molar-refractivity contribution in [1.29, 1.82) is 0 Å². The zero-order chi connectivity index (χ0) is 12.1. The van der Waals surface area contributed by atoms with E-state index in [9.17, 15) is 0 Å². The number of ether oxygens (including phenoxy) is 2. The first-order valence-corrected chi connectivity index (χ1v) is 6.84. The zero-order valence-electron chi connectivity index (χ0n) is 11.2. The van der Waals surface area contributed by atoms with Crippen LogP contribution in [0, 0.1) is 5.92 Å². The molecule has 4 heteroatoms. The number of morpholine rings is 1. The van der Waals surface area contributed by atoms with Crippen LogP contribution < -0.4 is 5.32 Å². The van der Waals surface area contributed by atoms with Crippen LogP contribution in [-0.4, -0.2) is 63.5 Å². The Morgan fingerprint density at radius 2 is 2.06 bits per heavy atom. The number of nitrogens with zero attached hydrogens (tertiary/aromatic N) is 1. The Hall–Kier alpha value is -0.160. The van der Waals surface area contributed by atoms with E-state index in [4.69, 9.17) is 9.47 Å². The maximum atomic E-state index is 5.37. The predicted molar refractivity (Wildman–Crippen MR) is 68.2 cm³/mol. The summed E-state index contributed by atoms with van der Waals surface area (Å²) < 4.78 is 10.7. The molecule has 17 heavy (non-hydrogen) atoms. The molecule has 2 aliphatic rings. The van der Waals surface area contributed by atoms with E-state index in [0.717, 1.165) is 45.4 Å². The van der Waals surface area contributed by atoms with Crippen LogP contribution in [0.4, 0.5) is 0 Å². The third-order valence-electron chi connectivity index (χ3n) is 3.67. The van der Waals surface area contributed by atoms with Gasteiger partial charge in [-0.1, -0.05) is 0 Å². The third-order valence-corrected chi connectivity index (χ3v) is 3.67. The fourth-order valence-electron chi connectivity index (χ4n) is 2.59. The summed E-state index contributed by atoms with van der Waals surface area (Å²) in [6, 6.07) is 1.09. The van der Waals surface area contributed by atoms with E-state index < -0.39 is 0 Å². The second-order valence-corrected chi connectivity index (χ2v) is 5.38. The first-order chi connectivity index (χ1) is 8.29. The summed E-state index contributed by atoms with van der Waals surface area (Å²) >= 11 is 0. The highest BCUT2D eigenvalue weighted by molar-refractivity contribution is 4.88. The van der Waals surface area contributed by atoms with Crippen molar-refractivity contribution < 1.29 is 9.47 Å². The molecule has 0 amide bonds. The van der Waals surface area contributed by atoms with Gasteiger partial charge >= 0.3 is 0 Å². The Morgan fingerprint density at radius 3 is 2.65 bits per heavy atom. The largest absolute Gasteiger partial charge is 0.383 e. The summed E-state index contributed by atoms with van der Waals surface area (Å²) in [6.45, 7) is 8.16. The molecular formula is C13H26N2O2. The summed E-state index contributed by atoms with van der Waals surface area (Å²) in [5, 5.41) is 3.72. The molecule has 0 radical (unpaired) electrons. The molecule has 0 aromatic heterocycles. The van der Waals surface area contributed by atoms with Crippen molar-refractivity contribution in [3.05, 3.63) is 0 Å². The molecular weight excluding hydrogens is 216 g/mol. The van der Waals surface area contributed by atoms with Crippen LogP contribution in [0.1, 0.15) is 19.8 Å². The van der Waals surface area contributed by atoms with Crippen molar-refractivity contribution >= 4 is 0 Å². The normalized spacial score (nSPS) is 25.8. The maximum Gasteiger partial charge on any atom is 0.0618 e. The summed E-state index contributed by atoms with van der Waals surface area (Å²) in [5.74, 6) is 0.849. The number of hydrogen-bond acceptors (Lipinski definition) is 4. The SMILES string of the molecule is COCC(NC(C)CN1CCOCC1)C1CC1. The van der Waals surface area contributed by atoms with Crippen molar-refractivity contribution in [2.45, 2.75) is 31.8 Å². The monoisotopic (exact) mass is 242 g/mol. The van der Waals surface area contributed by atoms with Gasteiger partial charge in [-0.2, -0.15) is 0 Å². The minimum atomic E-state index is 0.536. The minimum absolute atomic E-state index is 0.536. The first kappa shape index (κ1) is 13.3. The summed E-state index contributed by atoms with van der Waals surface area (Å²) in [7, 11) is 1.80. The van der Waals surface area contributed by atoms with Gasteiger partial charge in [-0.3, -0.25) is 4.90 Å². The molecule has 2 atom stereocenters. The van der Waals surface area contributed by atoms with Crippen LogP contribution in [0.15, 0.2) is 0 Å². The number of nitrogens with one attached hydrogen (secondary N) is 1. The fourth-order valence-corrected chi connectivity index (χ4v) is 2.59. The molecule has 0 aromatic carbocycles. The molecule has 2 rings (SSSR count). The van der Waals surface area contributed by atoms with Gasteiger partial charge in [0.25, 0.3) is 0 Å². The van der Waals surface area contributed by atoms with Gasteiger partial charge in [-0.15, -0.1) is 0 Å². The van der Waals surface area contributed by atoms with Crippen LogP contribution >= 0.6 is 0 Å². The lowest BCUT2D eigenvalue weighted by atomic mass is 10.1. The van der Waals surface area contributed by atoms with Gasteiger partial charge in [0.2, 0.25) is 0 Å². The summed E-state index contributed by atoms with van der Waals surface area (Å²) in [4.78, 5) is 2.48. The minimum Gasteiger partial charge on any atom is -0.383 e. The standard InChI is InChI=1S/C13H26N2O2/c1-11(9-15-5-7-17-8-6-15)14-13(10-16-2)12-3-4-12/h11-14H,3-10H2,1-2H3. The highest BCUT2D eigenvalue weighted by atomic mass is 16.5. The lowest BCUT2D eigenvalue weighted by molar-refractivity contribution is 0.0327. The molecule has 4 nitrogen and oxygen atoms in total. The first-order valence-electron chi connectivity index (χ1n) is 6.84. The van der Waals surface area contributed by atoms with Gasteiger partial charge in [0.05, 0.1) is 19.8 Å². The van der Waals surface area contributed by atoms with Crippen molar-refractivity contribution in [2.24, 2.45) is 5.92 Å². The number of methoxy groups -OCH3 is 1. The second-order valence-electron chi connectivity index (χ2n) is 5.38. The average Bonchev–Trinajstić information content (AvgIpc) is 3.13. The van der Waals surface area contributed by atoms with Crippen molar-refractivity contribution in [2.75, 3.05) is 46.6 Å². The smallest absolute Gasteiger partial charge is 0.0618 e. The number of rotatable bonds is 7. The molecule has 1 aliphatic carbocycles. The molecule has 0 bridgehead atoms. The van der Waals surface area contributed by atoms with Crippen LogP contribution in [0.25, 0.3) is 0 Å². The highest BCUT2D eigenvalue weighted by Gasteiger charge is 2.32. The quantitative estimate of drug-likeness (QED) is 0.713. The Balaban J connectivity index is 1.68. The van der Waals surface area contributed by atoms with E-state index in [2.05, 4.69) is 17.1 Å². The van der Waals surface area contributed by atoms with Crippen LogP contribution in [-0.2, 0) is 9.47 Å². The van der Waals surface area contributed by atoms with Gasteiger partial charge in [0.15, 0.2) is 0 Å². The van der Waals surface area contributed by atoms with Crippen LogP contribution in [0.2, 0.25) is 0 Å². The second kappa shape index (κ2) is 6.69. The summed E-state index contributed by atoms with van der Waals surface area (Å²) in [5.41, 5.74) is 0. The van der Waals surface area contributed by atoms with Gasteiger partial charge in [0, 0.05) is 38.8 Å². The average molecular weight is 242 g/mol. The predicted octanol–water partition coefficient (Wildman–Crippen LogP) is 0.722. The van der Waals surface area contributed by atoms with Crippen molar-refractivity contribution in [3.63, 3.8) is 0 Å². The Labute approximate surface area is 105 Å². The van der Waals surface area contributed by atoms with Crippen molar-refractivity contribution in [1.82, 2.24) is 10.2 Å². The van der Waals surface area contributed by atoms with Gasteiger partial charge < -0.3 is 14.8 Å². The van der Waals surface area contributed by atoms with E-state index >= 15 is 0 Å². The lowest BCUT2D eigenvalue weighted by Gasteiger charge is -2.31. The van der Waals surface area contributed by atoms with Crippen LogP contribution in [0.3, 0.4) is 0 Å². The van der Waals surface area contributed by atoms with E-state index in [1.54, 1.807) is 7.11 Å². The fraction of sp³-hybridized carbons (Fsp3) is 1.00. The molecule has 100 valence electrons. The Bertz CT molecular complexity index is 215. The zero-order valence-corrected chi connectivity index (χ0v) is 11.2. The van der Waals surface area contributed by atoms with E-state index in [0.29, 0.717) is 12.1 Å². The molecule has 0 spiro atoms. The Morgan fingerprint density at radius 1 is 1.35 bits per heavy atom. The highest BCUT2D eigenvalue weighted by Crippen LogP contribution is 2.32. The molecule has 2 fully saturated rings. The van der Waals surface area contributed by atoms with E-state index in [-0.39, 0.29) is 0 Å². The summed E-state index contributed by atoms with van der Waals surface area (Å²) in [6.07, 6.45) is 2.73. The molecule has 1 saturated heterocycles. The topological polar surface area (TPSA) is 33.7 Å². The van der Waals surface area contributed by atoms with Gasteiger partial charge in [-0.25, -0.2) is 0 Å². The number of hydrogen-bond donors (Lipinski definition) is 1. The molecule has 1 aliphatic heterocycles. The molecule has 1 heterocycles. The third kappa shape index (κ3) is 4.54. The van der Waals surface area contributed by atoms with Crippen molar-refractivity contribution in [3.8, 4) is 0 Å². The molecule has 1 N–H and O–H groups in total. The van der Waals surface area contributed by atoms with E-state index in [1.165, 1.54) is 12.8 Å². The maximum absolute atomic E-state index is 5.37. The lowest BCUT2D eigenvalue weighted by Crippen LogP contribution is -2.48. The Kier molecular flexibility index (Phi) is 5.22. The van der Waals surface area contributed by atoms with Crippen LogP contribution in [0.5, 0.6) is 0 Å². The molecule has 1 saturated carbocycles.